The molecular weight excluding hydrogens is 232 g/mol. The predicted octanol–water partition coefficient (Wildman–Crippen LogP) is 1.13. The highest BCUT2D eigenvalue weighted by Crippen LogP contribution is 2.31. The molecule has 1 fully saturated rings. The third kappa shape index (κ3) is 2.37. The smallest absolute Gasteiger partial charge is 0.121 e. The number of hydrogen-bond donors (Lipinski definition) is 1. The second-order valence-electron chi connectivity index (χ2n) is 4.38. The molecule has 0 amide bonds. The molecule has 1 aromatic carbocycles. The lowest BCUT2D eigenvalue weighted by Crippen LogP contribution is -2.27. The lowest BCUT2D eigenvalue weighted by molar-refractivity contribution is -0.00461. The number of benzene rings is 1. The van der Waals surface area contributed by atoms with Crippen LogP contribution in [0.2, 0.25) is 0 Å². The molecule has 0 bridgehead atoms. The molecule has 0 spiro atoms. The molecule has 2 N–H and O–H groups in total. The van der Waals surface area contributed by atoms with Crippen molar-refractivity contribution in [2.24, 2.45) is 0 Å². The van der Waals surface area contributed by atoms with E-state index in [2.05, 4.69) is 4.90 Å². The average Bonchev–Trinajstić information content (AvgIpc) is 2.82. The third-order valence-corrected chi connectivity index (χ3v) is 3.40. The van der Waals surface area contributed by atoms with E-state index in [1.165, 1.54) is 0 Å². The molecule has 1 aliphatic rings. The molecule has 1 aromatic rings. The molecule has 2 atom stereocenters. The molecule has 0 saturated carbocycles. The van der Waals surface area contributed by atoms with E-state index in [4.69, 9.17) is 19.9 Å². The van der Waals surface area contributed by atoms with Gasteiger partial charge in [0.25, 0.3) is 0 Å². The van der Waals surface area contributed by atoms with E-state index in [9.17, 15) is 0 Å². The summed E-state index contributed by atoms with van der Waals surface area (Å²) in [5.74, 6) is 0.800. The largest absolute Gasteiger partial charge is 0.497 e. The van der Waals surface area contributed by atoms with Crippen molar-refractivity contribution >= 4 is 11.4 Å². The van der Waals surface area contributed by atoms with Gasteiger partial charge in [-0.05, 0) is 12.1 Å². The molecule has 2 rings (SSSR count). The quantitative estimate of drug-likeness (QED) is 0.814. The molecule has 0 aromatic heterocycles. The Hall–Kier alpha value is -1.46. The van der Waals surface area contributed by atoms with Crippen molar-refractivity contribution in [3.8, 4) is 5.75 Å². The summed E-state index contributed by atoms with van der Waals surface area (Å²) >= 11 is 0. The van der Waals surface area contributed by atoms with Crippen molar-refractivity contribution in [3.63, 3.8) is 0 Å². The van der Waals surface area contributed by atoms with Gasteiger partial charge < -0.3 is 24.8 Å². The van der Waals surface area contributed by atoms with E-state index in [0.717, 1.165) is 30.2 Å². The summed E-state index contributed by atoms with van der Waals surface area (Å²) in [5.41, 5.74) is 7.73. The molecule has 2 unspecified atom stereocenters. The topological polar surface area (TPSA) is 57.0 Å². The van der Waals surface area contributed by atoms with Gasteiger partial charge in [-0.1, -0.05) is 0 Å². The molecule has 0 aliphatic carbocycles. The van der Waals surface area contributed by atoms with Crippen LogP contribution in [0.25, 0.3) is 0 Å². The first-order valence-corrected chi connectivity index (χ1v) is 5.93. The minimum absolute atomic E-state index is 0.0700. The summed E-state index contributed by atoms with van der Waals surface area (Å²) < 4.78 is 16.1. The maximum absolute atomic E-state index is 6.02. The van der Waals surface area contributed by atoms with Crippen LogP contribution in [-0.2, 0) is 9.47 Å². The van der Waals surface area contributed by atoms with Gasteiger partial charge in [0.15, 0.2) is 0 Å². The number of rotatable bonds is 4. The predicted molar refractivity (Wildman–Crippen MR) is 71.2 cm³/mol. The highest BCUT2D eigenvalue weighted by molar-refractivity contribution is 5.70. The second-order valence-corrected chi connectivity index (χ2v) is 4.38. The average molecular weight is 252 g/mol. The maximum atomic E-state index is 6.02. The second kappa shape index (κ2) is 5.46. The number of methoxy groups -OCH3 is 3. The molecule has 5 heteroatoms. The van der Waals surface area contributed by atoms with Crippen molar-refractivity contribution in [3.05, 3.63) is 18.2 Å². The number of nitrogen functional groups attached to an aromatic ring is 1. The van der Waals surface area contributed by atoms with Crippen LogP contribution >= 0.6 is 0 Å². The number of nitrogens with two attached hydrogens (primary N) is 1. The van der Waals surface area contributed by atoms with E-state index >= 15 is 0 Å². The fourth-order valence-electron chi connectivity index (χ4n) is 2.32. The Kier molecular flexibility index (Phi) is 3.93. The molecule has 1 saturated heterocycles. The summed E-state index contributed by atoms with van der Waals surface area (Å²) in [6, 6.07) is 5.66. The molecule has 100 valence electrons. The summed E-state index contributed by atoms with van der Waals surface area (Å²) in [4.78, 5) is 2.17. The summed E-state index contributed by atoms with van der Waals surface area (Å²) in [6.07, 6.45) is 0.140. The summed E-state index contributed by atoms with van der Waals surface area (Å²) in [6.45, 7) is 1.54. The SMILES string of the molecule is COc1ccc(N)c(N2CC(OC)C(OC)C2)c1. The number of anilines is 2. The van der Waals surface area contributed by atoms with Crippen LogP contribution in [0.1, 0.15) is 0 Å². The van der Waals surface area contributed by atoms with Gasteiger partial charge in [-0.25, -0.2) is 0 Å². The van der Waals surface area contributed by atoms with Crippen LogP contribution in [0.3, 0.4) is 0 Å². The van der Waals surface area contributed by atoms with E-state index < -0.39 is 0 Å². The molecular formula is C13H20N2O3. The van der Waals surface area contributed by atoms with E-state index in [1.807, 2.05) is 18.2 Å². The monoisotopic (exact) mass is 252 g/mol. The lowest BCUT2D eigenvalue weighted by atomic mass is 10.2. The van der Waals surface area contributed by atoms with Gasteiger partial charge in [-0.15, -0.1) is 0 Å². The van der Waals surface area contributed by atoms with Crippen molar-refractivity contribution in [2.75, 3.05) is 45.1 Å². The van der Waals surface area contributed by atoms with Crippen LogP contribution in [0.4, 0.5) is 11.4 Å². The Balaban J connectivity index is 2.22. The minimum atomic E-state index is 0.0700. The minimum Gasteiger partial charge on any atom is -0.497 e. The Bertz CT molecular complexity index is 399. The van der Waals surface area contributed by atoms with Crippen LogP contribution in [-0.4, -0.2) is 46.6 Å². The van der Waals surface area contributed by atoms with Crippen LogP contribution in [0, 0.1) is 0 Å². The van der Waals surface area contributed by atoms with E-state index in [-0.39, 0.29) is 12.2 Å². The fraction of sp³-hybridized carbons (Fsp3) is 0.538. The van der Waals surface area contributed by atoms with Crippen molar-refractivity contribution in [1.29, 1.82) is 0 Å². The molecule has 1 aliphatic heterocycles. The van der Waals surface area contributed by atoms with Crippen LogP contribution < -0.4 is 15.4 Å². The Labute approximate surface area is 107 Å². The number of nitrogens with zero attached hydrogens (tertiary/aromatic N) is 1. The normalized spacial score (nSPS) is 23.4. The first-order valence-electron chi connectivity index (χ1n) is 5.93. The van der Waals surface area contributed by atoms with Gasteiger partial charge in [-0.2, -0.15) is 0 Å². The van der Waals surface area contributed by atoms with Crippen LogP contribution in [0.5, 0.6) is 5.75 Å². The van der Waals surface area contributed by atoms with Crippen molar-refractivity contribution < 1.29 is 14.2 Å². The number of ether oxygens (including phenoxy) is 3. The molecule has 5 nitrogen and oxygen atoms in total. The first kappa shape index (κ1) is 13.0. The first-order chi connectivity index (χ1) is 8.69. The molecule has 0 radical (unpaired) electrons. The highest BCUT2D eigenvalue weighted by Gasteiger charge is 2.33. The van der Waals surface area contributed by atoms with E-state index in [0.29, 0.717) is 0 Å². The zero-order valence-corrected chi connectivity index (χ0v) is 11.1. The van der Waals surface area contributed by atoms with E-state index in [1.54, 1.807) is 21.3 Å². The van der Waals surface area contributed by atoms with Gasteiger partial charge in [-0.3, -0.25) is 0 Å². The Morgan fingerprint density at radius 2 is 1.72 bits per heavy atom. The number of hydrogen-bond acceptors (Lipinski definition) is 5. The Morgan fingerprint density at radius 1 is 1.11 bits per heavy atom. The maximum Gasteiger partial charge on any atom is 0.121 e. The third-order valence-electron chi connectivity index (χ3n) is 3.40. The van der Waals surface area contributed by atoms with Gasteiger partial charge in [0.2, 0.25) is 0 Å². The standard InChI is InChI=1S/C13H20N2O3/c1-16-9-4-5-10(14)11(6-9)15-7-12(17-2)13(8-15)18-3/h4-6,12-13H,7-8,14H2,1-3H3. The fourth-order valence-corrected chi connectivity index (χ4v) is 2.32. The van der Waals surface area contributed by atoms with Crippen molar-refractivity contribution in [2.45, 2.75) is 12.2 Å². The zero-order chi connectivity index (χ0) is 13.1. The van der Waals surface area contributed by atoms with Gasteiger partial charge in [0.05, 0.1) is 18.5 Å². The van der Waals surface area contributed by atoms with Gasteiger partial charge >= 0.3 is 0 Å². The molecule has 18 heavy (non-hydrogen) atoms. The zero-order valence-electron chi connectivity index (χ0n) is 11.1. The lowest BCUT2D eigenvalue weighted by Gasteiger charge is -2.20. The van der Waals surface area contributed by atoms with Crippen molar-refractivity contribution in [1.82, 2.24) is 0 Å². The van der Waals surface area contributed by atoms with Crippen LogP contribution in [0.15, 0.2) is 18.2 Å². The molecule has 1 heterocycles. The highest BCUT2D eigenvalue weighted by atomic mass is 16.5. The van der Waals surface area contributed by atoms with Gasteiger partial charge in [0.1, 0.15) is 18.0 Å². The summed E-state index contributed by atoms with van der Waals surface area (Å²) in [7, 11) is 5.06. The Morgan fingerprint density at radius 3 is 2.22 bits per heavy atom. The van der Waals surface area contributed by atoms with Gasteiger partial charge in [0, 0.05) is 33.4 Å². The summed E-state index contributed by atoms with van der Waals surface area (Å²) in [5, 5.41) is 0.